The molecule has 0 radical (unpaired) electrons. The highest BCUT2D eigenvalue weighted by Gasteiger charge is 1.93. The molecule has 2 N–H and O–H groups in total. The summed E-state index contributed by atoms with van der Waals surface area (Å²) in [5, 5.41) is 0. The van der Waals surface area contributed by atoms with Gasteiger partial charge >= 0.3 is 5.97 Å². The first-order valence-corrected chi connectivity index (χ1v) is 6.93. The summed E-state index contributed by atoms with van der Waals surface area (Å²) < 4.78 is 4.35. The maximum atomic E-state index is 10.3. The standard InChI is InChI=1S/C9H19NO.C5H10O2/c1-2-3-4-5-6-7-8-9(10)11;1-3-4-5(6)7-2/h2-8H2,1H3,(H2,10,11);3-4H2,1-2H3. The Balaban J connectivity index is 0. The normalized spacial score (nSPS) is 9.28. The Kier molecular flexibility index (Phi) is 17.1. The lowest BCUT2D eigenvalue weighted by molar-refractivity contribution is -0.140. The number of primary amides is 1. The SMILES string of the molecule is CCCC(=O)OC.CCCCCCCCC(N)=O. The van der Waals surface area contributed by atoms with Gasteiger partial charge in [-0.1, -0.05) is 46.0 Å². The molecule has 0 saturated carbocycles. The maximum absolute atomic E-state index is 10.3. The molecule has 0 aliphatic heterocycles. The monoisotopic (exact) mass is 259 g/mol. The number of hydrogen-bond acceptors (Lipinski definition) is 3. The van der Waals surface area contributed by atoms with Crippen molar-refractivity contribution in [2.24, 2.45) is 5.73 Å². The molecule has 0 spiro atoms. The molecule has 0 bridgehead atoms. The Morgan fingerprint density at radius 3 is 1.83 bits per heavy atom. The van der Waals surface area contributed by atoms with Crippen molar-refractivity contribution in [2.75, 3.05) is 7.11 Å². The van der Waals surface area contributed by atoms with Crippen LogP contribution in [0.3, 0.4) is 0 Å². The minimum atomic E-state index is -0.166. The summed E-state index contributed by atoms with van der Waals surface area (Å²) >= 11 is 0. The first kappa shape index (κ1) is 19.3. The van der Waals surface area contributed by atoms with E-state index < -0.39 is 0 Å². The van der Waals surface area contributed by atoms with Crippen LogP contribution in [0.15, 0.2) is 0 Å². The maximum Gasteiger partial charge on any atom is 0.305 e. The van der Waals surface area contributed by atoms with Gasteiger partial charge in [-0.05, 0) is 12.8 Å². The number of esters is 1. The van der Waals surface area contributed by atoms with Crippen molar-refractivity contribution < 1.29 is 14.3 Å². The van der Waals surface area contributed by atoms with Gasteiger partial charge in [-0.3, -0.25) is 9.59 Å². The first-order valence-electron chi connectivity index (χ1n) is 6.93. The molecule has 0 rings (SSSR count). The van der Waals surface area contributed by atoms with Crippen LogP contribution in [0.25, 0.3) is 0 Å². The van der Waals surface area contributed by atoms with Crippen LogP contribution in [0.5, 0.6) is 0 Å². The van der Waals surface area contributed by atoms with E-state index in [0.717, 1.165) is 19.3 Å². The Bertz CT molecular complexity index is 205. The zero-order valence-electron chi connectivity index (χ0n) is 12.2. The molecule has 0 aliphatic rings. The van der Waals surface area contributed by atoms with Gasteiger partial charge in [0, 0.05) is 12.8 Å². The molecule has 0 heterocycles. The van der Waals surface area contributed by atoms with Crippen molar-refractivity contribution in [3.8, 4) is 0 Å². The summed E-state index contributed by atoms with van der Waals surface area (Å²) in [7, 11) is 1.40. The molecule has 4 nitrogen and oxygen atoms in total. The van der Waals surface area contributed by atoms with Crippen LogP contribution in [0.1, 0.15) is 71.6 Å². The number of amides is 1. The number of carbonyl (C=O) groups is 2. The second-order valence-electron chi connectivity index (χ2n) is 4.31. The van der Waals surface area contributed by atoms with Gasteiger partial charge in [-0.2, -0.15) is 0 Å². The van der Waals surface area contributed by atoms with Gasteiger partial charge in [0.2, 0.25) is 5.91 Å². The smallest absolute Gasteiger partial charge is 0.305 e. The molecule has 0 fully saturated rings. The molecule has 0 unspecified atom stereocenters. The molecule has 1 amide bonds. The molecule has 0 atom stereocenters. The zero-order chi connectivity index (χ0) is 14.2. The number of nitrogens with two attached hydrogens (primary N) is 1. The Morgan fingerprint density at radius 1 is 0.889 bits per heavy atom. The summed E-state index contributed by atoms with van der Waals surface area (Å²) in [6.07, 6.45) is 9.24. The van der Waals surface area contributed by atoms with E-state index in [1.54, 1.807) is 0 Å². The number of carbonyl (C=O) groups excluding carboxylic acids is 2. The molecular formula is C14H29NO3. The van der Waals surface area contributed by atoms with Crippen LogP contribution in [-0.2, 0) is 14.3 Å². The topological polar surface area (TPSA) is 69.4 Å². The fraction of sp³-hybridized carbons (Fsp3) is 0.857. The van der Waals surface area contributed by atoms with Gasteiger partial charge in [-0.15, -0.1) is 0 Å². The van der Waals surface area contributed by atoms with E-state index in [9.17, 15) is 9.59 Å². The summed E-state index contributed by atoms with van der Waals surface area (Å²) in [6.45, 7) is 4.14. The van der Waals surface area contributed by atoms with Crippen LogP contribution in [0.4, 0.5) is 0 Å². The van der Waals surface area contributed by atoms with E-state index in [-0.39, 0.29) is 11.9 Å². The number of ether oxygens (including phenoxy) is 1. The third-order valence-corrected chi connectivity index (χ3v) is 2.46. The number of methoxy groups -OCH3 is 1. The fourth-order valence-corrected chi connectivity index (χ4v) is 1.39. The zero-order valence-corrected chi connectivity index (χ0v) is 12.2. The lowest BCUT2D eigenvalue weighted by Gasteiger charge is -1.97. The van der Waals surface area contributed by atoms with E-state index in [4.69, 9.17) is 5.73 Å². The van der Waals surface area contributed by atoms with Gasteiger partial charge in [0.1, 0.15) is 0 Å². The number of rotatable bonds is 9. The van der Waals surface area contributed by atoms with E-state index in [1.807, 2.05) is 6.92 Å². The average molecular weight is 259 g/mol. The summed E-state index contributed by atoms with van der Waals surface area (Å²) in [5.41, 5.74) is 4.99. The van der Waals surface area contributed by atoms with Gasteiger partial charge in [0.25, 0.3) is 0 Å². The van der Waals surface area contributed by atoms with Crippen molar-refractivity contribution in [1.29, 1.82) is 0 Å². The van der Waals surface area contributed by atoms with Crippen molar-refractivity contribution in [3.05, 3.63) is 0 Å². The third-order valence-electron chi connectivity index (χ3n) is 2.46. The predicted octanol–water partition coefficient (Wildman–Crippen LogP) is 3.18. The predicted molar refractivity (Wildman–Crippen MR) is 74.1 cm³/mol. The highest BCUT2D eigenvalue weighted by molar-refractivity contribution is 5.73. The van der Waals surface area contributed by atoms with Crippen molar-refractivity contribution in [2.45, 2.75) is 71.6 Å². The molecule has 4 heteroatoms. The molecule has 0 aromatic rings. The van der Waals surface area contributed by atoms with Crippen LogP contribution >= 0.6 is 0 Å². The minimum absolute atomic E-state index is 0.123. The lowest BCUT2D eigenvalue weighted by Crippen LogP contribution is -2.09. The second-order valence-corrected chi connectivity index (χ2v) is 4.31. The molecule has 18 heavy (non-hydrogen) atoms. The van der Waals surface area contributed by atoms with Gasteiger partial charge < -0.3 is 10.5 Å². The summed E-state index contributed by atoms with van der Waals surface area (Å²) in [4.78, 5) is 20.5. The van der Waals surface area contributed by atoms with E-state index in [2.05, 4.69) is 11.7 Å². The van der Waals surface area contributed by atoms with Crippen LogP contribution < -0.4 is 5.73 Å². The van der Waals surface area contributed by atoms with E-state index >= 15 is 0 Å². The molecule has 0 aromatic carbocycles. The second kappa shape index (κ2) is 15.9. The number of unbranched alkanes of at least 4 members (excludes halogenated alkanes) is 5. The van der Waals surface area contributed by atoms with Crippen molar-refractivity contribution in [3.63, 3.8) is 0 Å². The van der Waals surface area contributed by atoms with Gasteiger partial charge in [0.05, 0.1) is 7.11 Å². The lowest BCUT2D eigenvalue weighted by atomic mass is 10.1. The van der Waals surface area contributed by atoms with Crippen LogP contribution in [-0.4, -0.2) is 19.0 Å². The first-order chi connectivity index (χ1) is 8.58. The molecule has 0 aliphatic carbocycles. The molecular weight excluding hydrogens is 230 g/mol. The molecule has 0 aromatic heterocycles. The Morgan fingerprint density at radius 2 is 1.44 bits per heavy atom. The average Bonchev–Trinajstić information content (AvgIpc) is 2.34. The highest BCUT2D eigenvalue weighted by atomic mass is 16.5. The van der Waals surface area contributed by atoms with Gasteiger partial charge in [-0.25, -0.2) is 0 Å². The van der Waals surface area contributed by atoms with E-state index in [1.165, 1.54) is 32.8 Å². The van der Waals surface area contributed by atoms with Crippen LogP contribution in [0.2, 0.25) is 0 Å². The largest absolute Gasteiger partial charge is 0.469 e. The van der Waals surface area contributed by atoms with Crippen molar-refractivity contribution in [1.82, 2.24) is 0 Å². The molecule has 108 valence electrons. The summed E-state index contributed by atoms with van der Waals surface area (Å²) in [6, 6.07) is 0. The van der Waals surface area contributed by atoms with Crippen molar-refractivity contribution >= 4 is 11.9 Å². The quantitative estimate of drug-likeness (QED) is 0.510. The summed E-state index contributed by atoms with van der Waals surface area (Å²) in [5.74, 6) is -0.289. The number of hydrogen-bond donors (Lipinski definition) is 1. The van der Waals surface area contributed by atoms with Gasteiger partial charge in [0.15, 0.2) is 0 Å². The minimum Gasteiger partial charge on any atom is -0.469 e. The Hall–Kier alpha value is -1.06. The van der Waals surface area contributed by atoms with E-state index in [0.29, 0.717) is 12.8 Å². The third kappa shape index (κ3) is 20.4. The highest BCUT2D eigenvalue weighted by Crippen LogP contribution is 2.05. The fourth-order valence-electron chi connectivity index (χ4n) is 1.39. The van der Waals surface area contributed by atoms with Crippen LogP contribution in [0, 0.1) is 0 Å². The Labute approximate surface area is 111 Å². The molecule has 0 saturated heterocycles.